The van der Waals surface area contributed by atoms with Gasteiger partial charge in [-0.15, -0.1) is 11.3 Å². The first-order valence-electron chi connectivity index (χ1n) is 7.14. The highest BCUT2D eigenvalue weighted by molar-refractivity contribution is 7.09. The first kappa shape index (κ1) is 15.3. The predicted molar refractivity (Wildman–Crippen MR) is 85.0 cm³/mol. The first-order chi connectivity index (χ1) is 9.65. The maximum Gasteiger partial charge on any atom is 0.122 e. The molecule has 0 aliphatic carbocycles. The zero-order chi connectivity index (χ0) is 14.4. The van der Waals surface area contributed by atoms with Crippen LogP contribution in [0.1, 0.15) is 30.0 Å². The van der Waals surface area contributed by atoms with Gasteiger partial charge in [0.05, 0.1) is 12.8 Å². The summed E-state index contributed by atoms with van der Waals surface area (Å²) >= 11 is 1.83. The smallest absolute Gasteiger partial charge is 0.122 e. The predicted octanol–water partition coefficient (Wildman–Crippen LogP) is 3.51. The summed E-state index contributed by atoms with van der Waals surface area (Å²) in [5.74, 6) is 1.08. The number of furan rings is 1. The Morgan fingerprint density at radius 3 is 2.90 bits per heavy atom. The van der Waals surface area contributed by atoms with Gasteiger partial charge in [-0.1, -0.05) is 19.9 Å². The quantitative estimate of drug-likeness (QED) is 0.807. The molecular weight excluding hydrogens is 268 g/mol. The topological polar surface area (TPSA) is 28.4 Å². The third-order valence-electron chi connectivity index (χ3n) is 3.27. The zero-order valence-corrected chi connectivity index (χ0v) is 13.4. The summed E-state index contributed by atoms with van der Waals surface area (Å²) in [4.78, 5) is 3.76. The molecule has 2 heterocycles. The lowest BCUT2D eigenvalue weighted by Gasteiger charge is -2.16. The number of nitrogens with one attached hydrogen (secondary N) is 1. The summed E-state index contributed by atoms with van der Waals surface area (Å²) in [5, 5.41) is 5.58. The van der Waals surface area contributed by atoms with E-state index in [1.54, 1.807) is 6.26 Å². The molecule has 0 aliphatic rings. The van der Waals surface area contributed by atoms with Gasteiger partial charge in [0.15, 0.2) is 0 Å². The van der Waals surface area contributed by atoms with Crippen molar-refractivity contribution in [2.45, 2.75) is 39.4 Å². The molecule has 0 spiro atoms. The van der Waals surface area contributed by atoms with Crippen LogP contribution < -0.4 is 5.32 Å². The Labute approximate surface area is 125 Å². The fourth-order valence-corrected chi connectivity index (χ4v) is 2.76. The highest BCUT2D eigenvalue weighted by atomic mass is 32.1. The Morgan fingerprint density at radius 1 is 1.35 bits per heavy atom. The van der Waals surface area contributed by atoms with Crippen LogP contribution in [0.5, 0.6) is 0 Å². The van der Waals surface area contributed by atoms with Crippen molar-refractivity contribution >= 4 is 11.3 Å². The van der Waals surface area contributed by atoms with Crippen LogP contribution in [0, 0.1) is 0 Å². The molecular formula is C16H24N2OS. The SMILES string of the molecule is CC(C)NCc1ccoc1CN(C)CCc1cccs1. The van der Waals surface area contributed by atoms with E-state index in [2.05, 4.69) is 54.7 Å². The van der Waals surface area contributed by atoms with E-state index in [4.69, 9.17) is 4.42 Å². The number of thiophene rings is 1. The minimum Gasteiger partial charge on any atom is -0.468 e. The van der Waals surface area contributed by atoms with Gasteiger partial charge in [0.2, 0.25) is 0 Å². The largest absolute Gasteiger partial charge is 0.468 e. The number of hydrogen-bond acceptors (Lipinski definition) is 4. The zero-order valence-electron chi connectivity index (χ0n) is 12.6. The molecule has 0 saturated heterocycles. The lowest BCUT2D eigenvalue weighted by molar-refractivity contribution is 0.296. The van der Waals surface area contributed by atoms with E-state index in [1.807, 2.05) is 11.3 Å². The van der Waals surface area contributed by atoms with Gasteiger partial charge < -0.3 is 9.73 Å². The van der Waals surface area contributed by atoms with E-state index in [0.717, 1.165) is 31.8 Å². The summed E-state index contributed by atoms with van der Waals surface area (Å²) < 4.78 is 5.63. The number of nitrogens with zero attached hydrogens (tertiary/aromatic N) is 1. The van der Waals surface area contributed by atoms with Crippen molar-refractivity contribution in [1.29, 1.82) is 0 Å². The monoisotopic (exact) mass is 292 g/mol. The summed E-state index contributed by atoms with van der Waals surface area (Å²) in [7, 11) is 2.15. The second kappa shape index (κ2) is 7.62. The number of rotatable bonds is 8. The molecule has 4 heteroatoms. The normalized spacial score (nSPS) is 11.7. The van der Waals surface area contributed by atoms with Gasteiger partial charge in [-0.05, 0) is 31.0 Å². The Kier molecular flexibility index (Phi) is 5.83. The second-order valence-corrected chi connectivity index (χ2v) is 6.50. The summed E-state index contributed by atoms with van der Waals surface area (Å²) in [6, 6.07) is 6.87. The van der Waals surface area contributed by atoms with E-state index in [1.165, 1.54) is 10.4 Å². The molecule has 2 aromatic heterocycles. The molecule has 20 heavy (non-hydrogen) atoms. The van der Waals surface area contributed by atoms with Gasteiger partial charge in [-0.3, -0.25) is 4.90 Å². The third-order valence-corrected chi connectivity index (χ3v) is 4.21. The lowest BCUT2D eigenvalue weighted by atomic mass is 10.2. The van der Waals surface area contributed by atoms with Crippen LogP contribution in [0.4, 0.5) is 0 Å². The molecule has 0 bridgehead atoms. The second-order valence-electron chi connectivity index (χ2n) is 5.47. The van der Waals surface area contributed by atoms with Crippen LogP contribution in [0.2, 0.25) is 0 Å². The van der Waals surface area contributed by atoms with E-state index >= 15 is 0 Å². The molecule has 0 unspecified atom stereocenters. The van der Waals surface area contributed by atoms with Crippen molar-refractivity contribution in [2.24, 2.45) is 0 Å². The van der Waals surface area contributed by atoms with Gasteiger partial charge in [0.25, 0.3) is 0 Å². The highest BCUT2D eigenvalue weighted by Gasteiger charge is 2.10. The number of hydrogen-bond donors (Lipinski definition) is 1. The Hall–Kier alpha value is -1.10. The van der Waals surface area contributed by atoms with Crippen LogP contribution in [0.25, 0.3) is 0 Å². The van der Waals surface area contributed by atoms with Crippen LogP contribution >= 0.6 is 11.3 Å². The molecule has 0 radical (unpaired) electrons. The van der Waals surface area contributed by atoms with Crippen molar-refractivity contribution in [3.05, 3.63) is 46.0 Å². The van der Waals surface area contributed by atoms with E-state index in [-0.39, 0.29) is 0 Å². The molecule has 0 aromatic carbocycles. The number of likely N-dealkylation sites (N-methyl/N-ethyl adjacent to an activating group) is 1. The molecule has 3 nitrogen and oxygen atoms in total. The molecule has 0 fully saturated rings. The first-order valence-corrected chi connectivity index (χ1v) is 8.02. The summed E-state index contributed by atoms with van der Waals surface area (Å²) in [6.07, 6.45) is 2.90. The standard InChI is InChI=1S/C16H24N2OS/c1-13(2)17-11-14-7-9-19-16(14)12-18(3)8-6-15-5-4-10-20-15/h4-5,7,9-10,13,17H,6,8,11-12H2,1-3H3. The summed E-state index contributed by atoms with van der Waals surface area (Å²) in [6.45, 7) is 7.12. The van der Waals surface area contributed by atoms with Crippen LogP contribution in [-0.2, 0) is 19.5 Å². The van der Waals surface area contributed by atoms with Crippen molar-refractivity contribution in [2.75, 3.05) is 13.6 Å². The third kappa shape index (κ3) is 4.78. The molecule has 2 aromatic rings. The molecule has 0 saturated carbocycles. The van der Waals surface area contributed by atoms with Gasteiger partial charge in [0.1, 0.15) is 5.76 Å². The Bertz CT molecular complexity index is 490. The van der Waals surface area contributed by atoms with Gasteiger partial charge >= 0.3 is 0 Å². The molecule has 2 rings (SSSR count). The fourth-order valence-electron chi connectivity index (χ4n) is 2.06. The maximum atomic E-state index is 5.63. The highest BCUT2D eigenvalue weighted by Crippen LogP contribution is 2.14. The fraction of sp³-hybridized carbons (Fsp3) is 0.500. The molecule has 0 amide bonds. The minimum absolute atomic E-state index is 0.495. The van der Waals surface area contributed by atoms with E-state index in [9.17, 15) is 0 Å². The minimum atomic E-state index is 0.495. The van der Waals surface area contributed by atoms with E-state index < -0.39 is 0 Å². The van der Waals surface area contributed by atoms with Gasteiger partial charge in [0, 0.05) is 29.6 Å². The molecule has 1 N–H and O–H groups in total. The molecule has 0 aliphatic heterocycles. The van der Waals surface area contributed by atoms with Crippen LogP contribution in [0.15, 0.2) is 34.3 Å². The average molecular weight is 292 g/mol. The van der Waals surface area contributed by atoms with Crippen molar-refractivity contribution in [3.8, 4) is 0 Å². The van der Waals surface area contributed by atoms with E-state index in [0.29, 0.717) is 6.04 Å². The maximum absolute atomic E-state index is 5.63. The Morgan fingerprint density at radius 2 is 2.20 bits per heavy atom. The molecule has 0 atom stereocenters. The van der Waals surface area contributed by atoms with Gasteiger partial charge in [-0.2, -0.15) is 0 Å². The van der Waals surface area contributed by atoms with Crippen molar-refractivity contribution in [3.63, 3.8) is 0 Å². The van der Waals surface area contributed by atoms with Crippen molar-refractivity contribution < 1.29 is 4.42 Å². The summed E-state index contributed by atoms with van der Waals surface area (Å²) in [5.41, 5.74) is 1.27. The Balaban J connectivity index is 1.81. The van der Waals surface area contributed by atoms with Crippen LogP contribution in [0.3, 0.4) is 0 Å². The lowest BCUT2D eigenvalue weighted by Crippen LogP contribution is -2.24. The van der Waals surface area contributed by atoms with Crippen LogP contribution in [-0.4, -0.2) is 24.5 Å². The average Bonchev–Trinajstić information content (AvgIpc) is 3.05. The van der Waals surface area contributed by atoms with Gasteiger partial charge in [-0.25, -0.2) is 0 Å². The van der Waals surface area contributed by atoms with Crippen molar-refractivity contribution in [1.82, 2.24) is 10.2 Å². The molecule has 110 valence electrons.